The number of aromatic nitrogens is 2. The maximum Gasteiger partial charge on any atom is 0.319 e. The Kier molecular flexibility index (Phi) is 7.38. The summed E-state index contributed by atoms with van der Waals surface area (Å²) < 4.78 is 5.55. The largest absolute Gasteiger partial charge is 0.381 e. The number of likely N-dealkylation sites (N-methyl/N-ethyl adjacent to an activating group) is 1. The predicted octanol–water partition coefficient (Wildman–Crippen LogP) is 0.786. The molecule has 3 heterocycles. The van der Waals surface area contributed by atoms with Gasteiger partial charge in [-0.2, -0.15) is 0 Å². The first-order chi connectivity index (χ1) is 14.0. The van der Waals surface area contributed by atoms with Crippen LogP contribution in [0.2, 0.25) is 0 Å². The minimum atomic E-state index is -0.102. The summed E-state index contributed by atoms with van der Waals surface area (Å²) in [6, 6.07) is 2.43. The van der Waals surface area contributed by atoms with Crippen molar-refractivity contribution < 1.29 is 14.3 Å². The highest BCUT2D eigenvalue weighted by Crippen LogP contribution is 2.23. The average Bonchev–Trinajstić information content (AvgIpc) is 3.23. The highest BCUT2D eigenvalue weighted by molar-refractivity contribution is 5.91. The molecule has 1 unspecified atom stereocenters. The van der Waals surface area contributed by atoms with Gasteiger partial charge in [-0.3, -0.25) is 9.69 Å². The van der Waals surface area contributed by atoms with Gasteiger partial charge in [0, 0.05) is 78.8 Å². The molecule has 3 rings (SSSR count). The first kappa shape index (κ1) is 21.4. The molecule has 2 saturated heterocycles. The van der Waals surface area contributed by atoms with Gasteiger partial charge in [0.15, 0.2) is 0 Å². The van der Waals surface area contributed by atoms with E-state index in [1.807, 2.05) is 11.9 Å². The second-order valence-electron chi connectivity index (χ2n) is 7.97. The Morgan fingerprint density at radius 1 is 1.14 bits per heavy atom. The Hall–Kier alpha value is -2.26. The average molecular weight is 405 g/mol. The van der Waals surface area contributed by atoms with Crippen LogP contribution in [0.4, 0.5) is 4.79 Å². The third-order valence-electron chi connectivity index (χ3n) is 5.79. The van der Waals surface area contributed by atoms with Crippen molar-refractivity contribution in [2.45, 2.75) is 31.3 Å². The molecule has 0 spiro atoms. The van der Waals surface area contributed by atoms with Gasteiger partial charge >= 0.3 is 6.03 Å². The van der Waals surface area contributed by atoms with E-state index >= 15 is 0 Å². The number of amides is 3. The van der Waals surface area contributed by atoms with Crippen LogP contribution in [0.1, 0.15) is 29.8 Å². The molecule has 2 aliphatic heterocycles. The first-order valence-corrected chi connectivity index (χ1v) is 10.3. The van der Waals surface area contributed by atoms with Crippen LogP contribution in [0.3, 0.4) is 0 Å². The fourth-order valence-corrected chi connectivity index (χ4v) is 4.13. The van der Waals surface area contributed by atoms with Crippen molar-refractivity contribution in [3.63, 3.8) is 0 Å². The van der Waals surface area contributed by atoms with E-state index in [2.05, 4.69) is 14.9 Å². The number of carbonyl (C=O) groups is 2. The lowest BCUT2D eigenvalue weighted by molar-refractivity contribution is 0.0151. The monoisotopic (exact) mass is 404 g/mol. The lowest BCUT2D eigenvalue weighted by Crippen LogP contribution is -2.50. The number of nitrogens with zero attached hydrogens (tertiary/aromatic N) is 6. The van der Waals surface area contributed by atoms with Crippen molar-refractivity contribution >= 4 is 11.9 Å². The van der Waals surface area contributed by atoms with Gasteiger partial charge in [0.1, 0.15) is 12.0 Å². The second kappa shape index (κ2) is 9.98. The van der Waals surface area contributed by atoms with E-state index in [4.69, 9.17) is 4.74 Å². The molecule has 1 aromatic heterocycles. The maximum atomic E-state index is 12.6. The van der Waals surface area contributed by atoms with Gasteiger partial charge in [-0.1, -0.05) is 0 Å². The molecule has 0 aromatic carbocycles. The summed E-state index contributed by atoms with van der Waals surface area (Å²) in [5.41, 5.74) is 0.406. The molecular weight excluding hydrogens is 372 g/mol. The molecule has 0 aliphatic carbocycles. The van der Waals surface area contributed by atoms with Gasteiger partial charge < -0.3 is 19.4 Å². The smallest absolute Gasteiger partial charge is 0.319 e. The van der Waals surface area contributed by atoms with Crippen molar-refractivity contribution in [1.82, 2.24) is 29.6 Å². The van der Waals surface area contributed by atoms with E-state index < -0.39 is 0 Å². The van der Waals surface area contributed by atoms with E-state index in [-0.39, 0.29) is 11.9 Å². The van der Waals surface area contributed by atoms with Crippen molar-refractivity contribution in [2.24, 2.45) is 0 Å². The van der Waals surface area contributed by atoms with E-state index in [1.165, 1.54) is 6.33 Å². The fraction of sp³-hybridized carbons (Fsp3) is 0.700. The summed E-state index contributed by atoms with van der Waals surface area (Å²) in [4.78, 5) is 40.7. The van der Waals surface area contributed by atoms with Crippen molar-refractivity contribution in [3.05, 3.63) is 24.3 Å². The molecule has 9 nitrogen and oxygen atoms in total. The minimum absolute atomic E-state index is 0.0653. The third-order valence-corrected chi connectivity index (χ3v) is 5.79. The van der Waals surface area contributed by atoms with Crippen LogP contribution in [0.25, 0.3) is 0 Å². The van der Waals surface area contributed by atoms with Crippen LogP contribution in [0.15, 0.2) is 18.6 Å². The molecule has 1 atom stereocenters. The van der Waals surface area contributed by atoms with E-state index in [9.17, 15) is 9.59 Å². The van der Waals surface area contributed by atoms with Crippen LogP contribution >= 0.6 is 0 Å². The molecular formula is C20H32N6O3. The molecule has 0 saturated carbocycles. The Balaban J connectivity index is 1.63. The fourth-order valence-electron chi connectivity index (χ4n) is 4.13. The Morgan fingerprint density at radius 2 is 1.90 bits per heavy atom. The molecule has 160 valence electrons. The second-order valence-corrected chi connectivity index (χ2v) is 7.97. The molecule has 0 radical (unpaired) electrons. The zero-order chi connectivity index (χ0) is 20.8. The van der Waals surface area contributed by atoms with Crippen molar-refractivity contribution in [3.8, 4) is 0 Å². The highest BCUT2D eigenvalue weighted by Gasteiger charge is 2.35. The number of hydrogen-bond donors (Lipinski definition) is 0. The predicted molar refractivity (Wildman–Crippen MR) is 109 cm³/mol. The molecule has 2 fully saturated rings. The number of carbonyl (C=O) groups excluding carboxylic acids is 2. The van der Waals surface area contributed by atoms with Gasteiger partial charge in [0.05, 0.1) is 0 Å². The normalized spacial score (nSPS) is 20.1. The van der Waals surface area contributed by atoms with Gasteiger partial charge in [-0.15, -0.1) is 0 Å². The molecule has 1 aromatic rings. The van der Waals surface area contributed by atoms with Crippen LogP contribution < -0.4 is 0 Å². The first-order valence-electron chi connectivity index (χ1n) is 10.3. The van der Waals surface area contributed by atoms with E-state index in [1.54, 1.807) is 36.2 Å². The highest BCUT2D eigenvalue weighted by atomic mass is 16.5. The molecule has 0 N–H and O–H groups in total. The number of rotatable bonds is 6. The lowest BCUT2D eigenvalue weighted by Gasteiger charge is -2.39. The number of likely N-dealkylation sites (tertiary alicyclic amines) is 1. The summed E-state index contributed by atoms with van der Waals surface area (Å²) >= 11 is 0. The van der Waals surface area contributed by atoms with Gasteiger partial charge in [-0.05, 0) is 25.3 Å². The number of ether oxygens (including phenoxy) is 1. The Morgan fingerprint density at radius 3 is 2.55 bits per heavy atom. The number of hydrogen-bond acceptors (Lipinski definition) is 6. The SMILES string of the molecule is CN(C)C(=O)N1CCC(N(CCN(C)C(=O)c2ccncn2)C2CCOCC2)C1. The molecule has 3 amide bonds. The molecule has 2 aliphatic rings. The van der Waals surface area contributed by atoms with Crippen LogP contribution in [0.5, 0.6) is 0 Å². The van der Waals surface area contributed by atoms with E-state index in [0.29, 0.717) is 24.3 Å². The van der Waals surface area contributed by atoms with Crippen molar-refractivity contribution in [1.29, 1.82) is 0 Å². The molecule has 0 bridgehead atoms. The summed E-state index contributed by atoms with van der Waals surface area (Å²) in [5.74, 6) is -0.102. The molecule has 9 heteroatoms. The topological polar surface area (TPSA) is 82.1 Å². The zero-order valence-corrected chi connectivity index (χ0v) is 17.7. The summed E-state index contributed by atoms with van der Waals surface area (Å²) in [6.07, 6.45) is 5.91. The Labute approximate surface area is 172 Å². The minimum Gasteiger partial charge on any atom is -0.381 e. The van der Waals surface area contributed by atoms with Crippen LogP contribution in [-0.4, -0.2) is 114 Å². The zero-order valence-electron chi connectivity index (χ0n) is 17.7. The quantitative estimate of drug-likeness (QED) is 0.697. The van der Waals surface area contributed by atoms with E-state index in [0.717, 1.165) is 52.1 Å². The standard InChI is InChI=1S/C20H32N6O3/c1-23(2)20(28)25-9-5-17(14-25)26(16-6-12-29-13-7-16)11-10-24(3)19(27)18-4-8-21-15-22-18/h4,8,15-17H,5-7,9-14H2,1-3H3. The van der Waals surface area contributed by atoms with Crippen LogP contribution in [-0.2, 0) is 4.74 Å². The van der Waals surface area contributed by atoms with Gasteiger partial charge in [0.2, 0.25) is 0 Å². The molecule has 29 heavy (non-hydrogen) atoms. The van der Waals surface area contributed by atoms with Gasteiger partial charge in [-0.25, -0.2) is 14.8 Å². The van der Waals surface area contributed by atoms with Crippen molar-refractivity contribution in [2.75, 3.05) is 60.5 Å². The summed E-state index contributed by atoms with van der Waals surface area (Å²) in [7, 11) is 5.39. The van der Waals surface area contributed by atoms with Gasteiger partial charge in [0.25, 0.3) is 5.91 Å². The summed E-state index contributed by atoms with van der Waals surface area (Å²) in [5, 5.41) is 0. The number of urea groups is 1. The lowest BCUT2D eigenvalue weighted by atomic mass is 10.0. The summed E-state index contributed by atoms with van der Waals surface area (Å²) in [6.45, 7) is 4.42. The Bertz CT molecular complexity index is 680. The third kappa shape index (κ3) is 5.42. The maximum absolute atomic E-state index is 12.6. The van der Waals surface area contributed by atoms with Crippen LogP contribution in [0, 0.1) is 0 Å².